The van der Waals surface area contributed by atoms with Crippen molar-refractivity contribution in [3.8, 4) is 0 Å². The van der Waals surface area contributed by atoms with Crippen molar-refractivity contribution in [3.63, 3.8) is 0 Å². The van der Waals surface area contributed by atoms with E-state index in [1.54, 1.807) is 0 Å². The summed E-state index contributed by atoms with van der Waals surface area (Å²) in [6.45, 7) is 0. The second-order valence-electron chi connectivity index (χ2n) is 5.21. The average molecular weight is 546 g/mol. The van der Waals surface area contributed by atoms with Gasteiger partial charge in [0.15, 0.2) is 0 Å². The van der Waals surface area contributed by atoms with E-state index in [0.717, 1.165) is 14.2 Å². The van der Waals surface area contributed by atoms with E-state index < -0.39 is 47.8 Å². The van der Waals surface area contributed by atoms with E-state index in [9.17, 15) is 31.2 Å². The Kier molecular flexibility index (Phi) is 7.24. The third-order valence-electron chi connectivity index (χ3n) is 3.36. The first-order chi connectivity index (χ1) is 13.5. The Bertz CT molecular complexity index is 928. The third-order valence-corrected chi connectivity index (χ3v) is 10.4. The van der Waals surface area contributed by atoms with Crippen molar-refractivity contribution >= 4 is 42.3 Å². The van der Waals surface area contributed by atoms with E-state index in [4.69, 9.17) is 0 Å². The second kappa shape index (κ2) is 9.09. The molecule has 0 aromatic heterocycles. The van der Waals surface area contributed by atoms with Crippen molar-refractivity contribution in [2.45, 2.75) is 5.51 Å². The maximum atomic E-state index is 12.8. The standard InChI is InChI=1S/C17H14F3IO7S/c1-26-15(22)11-3-7-13(8-4-11)21(28-29(24,25)17(18,19)20)14-9-5-12(6-10-14)16(23)27-2/h3-10H,1-2H3. The fourth-order valence-corrected chi connectivity index (χ4v) is 8.36. The van der Waals surface area contributed by atoms with Crippen LogP contribution >= 0.6 is 20.2 Å². The zero-order chi connectivity index (χ0) is 21.8. The topological polar surface area (TPSA) is 96.0 Å². The van der Waals surface area contributed by atoms with Gasteiger partial charge in [-0.2, -0.15) is 0 Å². The molecule has 0 aliphatic heterocycles. The first kappa shape index (κ1) is 23.1. The van der Waals surface area contributed by atoms with E-state index in [1.165, 1.54) is 48.5 Å². The summed E-state index contributed by atoms with van der Waals surface area (Å²) >= 11 is -3.63. The molecule has 0 amide bonds. The molecule has 0 radical (unpaired) electrons. The molecule has 0 fully saturated rings. The number of benzene rings is 2. The molecule has 0 atom stereocenters. The van der Waals surface area contributed by atoms with Crippen molar-refractivity contribution < 1.29 is 43.2 Å². The molecule has 0 spiro atoms. The van der Waals surface area contributed by atoms with Crippen LogP contribution < -0.4 is 0 Å². The molecule has 2 aromatic rings. The minimum atomic E-state index is -5.87. The first-order valence-corrected chi connectivity index (χ1v) is 12.0. The zero-order valence-electron chi connectivity index (χ0n) is 14.9. The summed E-state index contributed by atoms with van der Waals surface area (Å²) in [5.74, 6) is -1.33. The molecule has 0 N–H and O–H groups in total. The minimum absolute atomic E-state index is 0.131. The summed E-state index contributed by atoms with van der Waals surface area (Å²) in [6, 6.07) is 10.4. The van der Waals surface area contributed by atoms with Crippen LogP contribution in [0.25, 0.3) is 0 Å². The van der Waals surface area contributed by atoms with Gasteiger partial charge in [0.1, 0.15) is 0 Å². The fourth-order valence-electron chi connectivity index (χ4n) is 1.95. The number of halogens is 4. The molecular formula is C17H14F3IO7S. The van der Waals surface area contributed by atoms with Crippen LogP contribution in [-0.2, 0) is 22.1 Å². The van der Waals surface area contributed by atoms with Crippen LogP contribution in [0.2, 0.25) is 0 Å². The number of carbonyl (C=O) groups is 2. The Balaban J connectivity index is 2.49. The molecule has 0 saturated carbocycles. The average Bonchev–Trinajstić information content (AvgIpc) is 2.70. The Morgan fingerprint density at radius 2 is 1.14 bits per heavy atom. The van der Waals surface area contributed by atoms with E-state index in [0.29, 0.717) is 0 Å². The summed E-state index contributed by atoms with van der Waals surface area (Å²) in [5, 5.41) is 0. The Morgan fingerprint density at radius 3 is 1.41 bits per heavy atom. The zero-order valence-corrected chi connectivity index (χ0v) is 17.9. The van der Waals surface area contributed by atoms with E-state index in [2.05, 4.69) is 12.0 Å². The van der Waals surface area contributed by atoms with Crippen LogP contribution in [0.5, 0.6) is 0 Å². The normalized spacial score (nSPS) is 12.2. The fraction of sp³-hybridized carbons (Fsp3) is 0.176. The third kappa shape index (κ3) is 5.45. The van der Waals surface area contributed by atoms with Crippen LogP contribution in [0.15, 0.2) is 48.5 Å². The van der Waals surface area contributed by atoms with Crippen LogP contribution in [0.1, 0.15) is 20.7 Å². The van der Waals surface area contributed by atoms with E-state index in [1.807, 2.05) is 0 Å². The number of ether oxygens (including phenoxy) is 2. The van der Waals surface area contributed by atoms with Gasteiger partial charge in [-0.3, -0.25) is 0 Å². The molecule has 0 aliphatic carbocycles. The van der Waals surface area contributed by atoms with Crippen molar-refractivity contribution in [1.82, 2.24) is 0 Å². The Labute approximate surface area is 171 Å². The molecule has 7 nitrogen and oxygen atoms in total. The first-order valence-electron chi connectivity index (χ1n) is 7.58. The molecule has 158 valence electrons. The van der Waals surface area contributed by atoms with Crippen LogP contribution in [0.3, 0.4) is 0 Å². The van der Waals surface area contributed by atoms with Gasteiger partial charge >= 0.3 is 172 Å². The molecule has 0 saturated heterocycles. The van der Waals surface area contributed by atoms with Gasteiger partial charge in [0.2, 0.25) is 0 Å². The van der Waals surface area contributed by atoms with E-state index in [-0.39, 0.29) is 18.3 Å². The van der Waals surface area contributed by atoms with Gasteiger partial charge in [0, 0.05) is 0 Å². The number of hydrogen-bond donors (Lipinski definition) is 0. The van der Waals surface area contributed by atoms with Crippen LogP contribution in [-0.4, -0.2) is 40.1 Å². The summed E-state index contributed by atoms with van der Waals surface area (Å²) in [4.78, 5) is 23.1. The van der Waals surface area contributed by atoms with Crippen molar-refractivity contribution in [2.24, 2.45) is 0 Å². The maximum absolute atomic E-state index is 12.8. The van der Waals surface area contributed by atoms with E-state index >= 15 is 0 Å². The number of methoxy groups -OCH3 is 2. The quantitative estimate of drug-likeness (QED) is 0.311. The molecule has 2 rings (SSSR count). The molecule has 0 bridgehead atoms. The van der Waals surface area contributed by atoms with Gasteiger partial charge in [-0.25, -0.2) is 0 Å². The van der Waals surface area contributed by atoms with Crippen LogP contribution in [0.4, 0.5) is 13.2 Å². The monoisotopic (exact) mass is 546 g/mol. The molecule has 2 aromatic carbocycles. The number of hydrogen-bond acceptors (Lipinski definition) is 7. The number of carbonyl (C=O) groups excluding carboxylic acids is 2. The Morgan fingerprint density at radius 1 is 0.793 bits per heavy atom. The summed E-state index contributed by atoms with van der Waals surface area (Å²) in [6.07, 6.45) is 0. The summed E-state index contributed by atoms with van der Waals surface area (Å²) in [5.41, 5.74) is -5.33. The van der Waals surface area contributed by atoms with Gasteiger partial charge in [0.05, 0.1) is 0 Å². The van der Waals surface area contributed by atoms with Gasteiger partial charge < -0.3 is 0 Å². The van der Waals surface area contributed by atoms with Gasteiger partial charge in [-0.1, -0.05) is 0 Å². The van der Waals surface area contributed by atoms with Gasteiger partial charge in [-0.05, 0) is 0 Å². The van der Waals surface area contributed by atoms with Crippen molar-refractivity contribution in [2.75, 3.05) is 14.2 Å². The number of rotatable bonds is 6. The predicted octanol–water partition coefficient (Wildman–Crippen LogP) is 3.59. The molecule has 0 aliphatic rings. The molecule has 0 unspecified atom stereocenters. The van der Waals surface area contributed by atoms with Crippen molar-refractivity contribution in [3.05, 3.63) is 66.8 Å². The van der Waals surface area contributed by atoms with Gasteiger partial charge in [0.25, 0.3) is 0 Å². The molecule has 29 heavy (non-hydrogen) atoms. The Hall–Kier alpha value is -2.19. The van der Waals surface area contributed by atoms with Gasteiger partial charge in [-0.15, -0.1) is 0 Å². The second-order valence-corrected chi connectivity index (χ2v) is 11.7. The number of alkyl halides is 3. The predicted molar refractivity (Wildman–Crippen MR) is 103 cm³/mol. The molecule has 12 heteroatoms. The SMILES string of the molecule is COC(=O)c1ccc(I(OS(=O)(=O)C(F)(F)F)c2ccc(C(=O)OC)cc2)cc1. The molecule has 0 heterocycles. The number of esters is 2. The van der Waals surface area contributed by atoms with Crippen LogP contribution in [0, 0.1) is 7.14 Å². The molecular weight excluding hydrogens is 532 g/mol. The summed E-state index contributed by atoms with van der Waals surface area (Å²) in [7, 11) is -3.54. The van der Waals surface area contributed by atoms with Crippen molar-refractivity contribution in [1.29, 1.82) is 0 Å². The summed E-state index contributed by atoms with van der Waals surface area (Å²) < 4.78 is 75.8.